The van der Waals surface area contributed by atoms with Gasteiger partial charge in [-0.3, -0.25) is 4.79 Å². The van der Waals surface area contributed by atoms with Gasteiger partial charge in [0.25, 0.3) is 0 Å². The number of ether oxygens (including phenoxy) is 1. The molecule has 6 nitrogen and oxygen atoms in total. The highest BCUT2D eigenvalue weighted by molar-refractivity contribution is 5.77. The molecule has 1 aliphatic rings. The predicted octanol–water partition coefficient (Wildman–Crippen LogP) is 3.29. The highest BCUT2D eigenvalue weighted by atomic mass is 16.5. The number of likely N-dealkylation sites (tertiary alicyclic amines) is 1. The Bertz CT molecular complexity index is 948. The molecule has 2 heterocycles. The Balaban J connectivity index is 1.35. The van der Waals surface area contributed by atoms with E-state index in [9.17, 15) is 9.90 Å². The number of aliphatic hydroxyl groups excluding tert-OH is 1. The number of aliphatic hydroxyl groups is 1. The molecule has 0 aliphatic carbocycles. The number of hydrogen-bond acceptors (Lipinski definition) is 4. The van der Waals surface area contributed by atoms with Gasteiger partial charge in [-0.2, -0.15) is 5.10 Å². The minimum atomic E-state index is -0.0331. The Morgan fingerprint density at radius 1 is 1.03 bits per heavy atom. The lowest BCUT2D eigenvalue weighted by Crippen LogP contribution is -2.40. The summed E-state index contributed by atoms with van der Waals surface area (Å²) in [5, 5.41) is 14.3. The number of rotatable bonds is 7. The lowest BCUT2D eigenvalue weighted by Gasteiger charge is -2.32. The van der Waals surface area contributed by atoms with Crippen LogP contribution in [0.3, 0.4) is 0 Å². The molecule has 1 aliphatic heterocycles. The lowest BCUT2D eigenvalue weighted by molar-refractivity contribution is -0.137. The first-order chi connectivity index (χ1) is 14.8. The minimum Gasteiger partial charge on any atom is -0.392 e. The smallest absolute Gasteiger partial charge is 0.248 e. The molecular weight excluding hydrogens is 378 g/mol. The molecule has 2 aromatic carbocycles. The Hall–Kier alpha value is -2.96. The first-order valence-electron chi connectivity index (χ1n) is 10.4. The van der Waals surface area contributed by atoms with E-state index in [1.165, 1.54) is 0 Å². The first-order valence-corrected chi connectivity index (χ1v) is 10.4. The summed E-state index contributed by atoms with van der Waals surface area (Å²) in [7, 11) is 0. The average molecular weight is 405 g/mol. The molecule has 0 atom stereocenters. The van der Waals surface area contributed by atoms with Crippen molar-refractivity contribution in [3.63, 3.8) is 0 Å². The monoisotopic (exact) mass is 405 g/mol. The van der Waals surface area contributed by atoms with Crippen LogP contribution in [0.5, 0.6) is 0 Å². The second-order valence-electron chi connectivity index (χ2n) is 7.59. The van der Waals surface area contributed by atoms with E-state index in [1.54, 1.807) is 6.20 Å². The fraction of sp³-hybridized carbons (Fsp3) is 0.333. The van der Waals surface area contributed by atoms with Crippen LogP contribution in [-0.4, -0.2) is 45.4 Å². The molecule has 156 valence electrons. The van der Waals surface area contributed by atoms with Crippen molar-refractivity contribution in [1.82, 2.24) is 14.7 Å². The van der Waals surface area contributed by atoms with E-state index in [4.69, 9.17) is 4.74 Å². The number of benzene rings is 2. The average Bonchev–Trinajstić information content (AvgIpc) is 3.24. The highest BCUT2D eigenvalue weighted by Gasteiger charge is 2.28. The van der Waals surface area contributed by atoms with Crippen LogP contribution in [0.4, 0.5) is 0 Å². The van der Waals surface area contributed by atoms with Gasteiger partial charge < -0.3 is 14.7 Å². The molecule has 0 saturated carbocycles. The van der Waals surface area contributed by atoms with Crippen LogP contribution in [0.2, 0.25) is 0 Å². The van der Waals surface area contributed by atoms with E-state index < -0.39 is 0 Å². The molecule has 6 heteroatoms. The van der Waals surface area contributed by atoms with E-state index in [2.05, 4.69) is 5.10 Å². The molecule has 0 spiro atoms. The maximum absolute atomic E-state index is 12.5. The van der Waals surface area contributed by atoms with Crippen LogP contribution in [0.15, 0.2) is 66.9 Å². The van der Waals surface area contributed by atoms with Crippen molar-refractivity contribution >= 4 is 5.91 Å². The summed E-state index contributed by atoms with van der Waals surface area (Å²) in [6, 6.07) is 19.8. The number of nitrogens with zero attached hydrogens (tertiary/aromatic N) is 3. The van der Waals surface area contributed by atoms with Crippen molar-refractivity contribution in [3.05, 3.63) is 83.7 Å². The standard InChI is InChI=1S/C24H27N3O3/c28-16-21-15-25-27(22-9-5-2-6-10-22)24(21)20-11-13-26(14-12-20)23(29)18-30-17-19-7-3-1-4-8-19/h1-10,15,20,28H,11-14,16-18H2. The number of piperidine rings is 1. The van der Waals surface area contributed by atoms with Crippen LogP contribution in [-0.2, 0) is 22.7 Å². The van der Waals surface area contributed by atoms with Crippen molar-refractivity contribution in [2.45, 2.75) is 32.0 Å². The molecule has 30 heavy (non-hydrogen) atoms. The van der Waals surface area contributed by atoms with Gasteiger partial charge in [0.1, 0.15) is 6.61 Å². The van der Waals surface area contributed by atoms with E-state index in [0.29, 0.717) is 19.7 Å². The van der Waals surface area contributed by atoms with Gasteiger partial charge in [-0.1, -0.05) is 48.5 Å². The number of carbonyl (C=O) groups is 1. The number of aromatic nitrogens is 2. The number of carbonyl (C=O) groups excluding carboxylic acids is 1. The second kappa shape index (κ2) is 9.69. The van der Waals surface area contributed by atoms with Crippen molar-refractivity contribution < 1.29 is 14.6 Å². The quantitative estimate of drug-likeness (QED) is 0.655. The summed E-state index contributed by atoms with van der Waals surface area (Å²) in [5.41, 5.74) is 3.96. The third kappa shape index (κ3) is 4.61. The lowest BCUT2D eigenvalue weighted by atomic mass is 9.91. The third-order valence-corrected chi connectivity index (χ3v) is 5.63. The molecule has 0 unspecified atom stereocenters. The largest absolute Gasteiger partial charge is 0.392 e. The van der Waals surface area contributed by atoms with Gasteiger partial charge in [-0.25, -0.2) is 4.68 Å². The molecule has 3 aromatic rings. The van der Waals surface area contributed by atoms with Crippen LogP contribution in [0, 0.1) is 0 Å². The Labute approximate surface area is 176 Å². The Morgan fingerprint density at radius 3 is 2.37 bits per heavy atom. The number of amides is 1. The number of para-hydroxylation sites is 1. The topological polar surface area (TPSA) is 67.6 Å². The van der Waals surface area contributed by atoms with E-state index in [0.717, 1.165) is 35.3 Å². The molecule has 1 saturated heterocycles. The van der Waals surface area contributed by atoms with E-state index in [-0.39, 0.29) is 25.0 Å². The maximum atomic E-state index is 12.5. The minimum absolute atomic E-state index is 0.0309. The fourth-order valence-electron chi connectivity index (χ4n) is 4.05. The van der Waals surface area contributed by atoms with Crippen LogP contribution in [0.1, 0.15) is 35.6 Å². The van der Waals surface area contributed by atoms with E-state index >= 15 is 0 Å². The van der Waals surface area contributed by atoms with Crippen molar-refractivity contribution in [2.75, 3.05) is 19.7 Å². The summed E-state index contributed by atoms with van der Waals surface area (Å²) in [6.07, 6.45) is 3.43. The summed E-state index contributed by atoms with van der Waals surface area (Å²) in [6.45, 7) is 1.88. The van der Waals surface area contributed by atoms with Gasteiger partial charge in [0.15, 0.2) is 0 Å². The summed E-state index contributed by atoms with van der Waals surface area (Å²) in [5.74, 6) is 0.285. The maximum Gasteiger partial charge on any atom is 0.248 e. The SMILES string of the molecule is O=C(COCc1ccccc1)N1CCC(c2c(CO)cnn2-c2ccccc2)CC1. The van der Waals surface area contributed by atoms with Gasteiger partial charge in [-0.05, 0) is 30.5 Å². The Morgan fingerprint density at radius 2 is 1.70 bits per heavy atom. The molecule has 0 radical (unpaired) electrons. The molecule has 4 rings (SSSR count). The first kappa shape index (κ1) is 20.3. The van der Waals surface area contributed by atoms with Gasteiger partial charge >= 0.3 is 0 Å². The van der Waals surface area contributed by atoms with Crippen LogP contribution < -0.4 is 0 Å². The Kier molecular flexibility index (Phi) is 6.57. The van der Waals surface area contributed by atoms with Gasteiger partial charge in [0.05, 0.1) is 30.8 Å². The molecule has 1 amide bonds. The second-order valence-corrected chi connectivity index (χ2v) is 7.59. The van der Waals surface area contributed by atoms with Crippen LogP contribution >= 0.6 is 0 Å². The zero-order chi connectivity index (χ0) is 20.8. The molecule has 1 N–H and O–H groups in total. The zero-order valence-corrected chi connectivity index (χ0v) is 17.0. The fourth-order valence-corrected chi connectivity index (χ4v) is 4.05. The number of hydrogen-bond donors (Lipinski definition) is 1. The molecule has 1 fully saturated rings. The summed E-state index contributed by atoms with van der Waals surface area (Å²) >= 11 is 0. The zero-order valence-electron chi connectivity index (χ0n) is 17.0. The van der Waals surface area contributed by atoms with Crippen molar-refractivity contribution in [1.29, 1.82) is 0 Å². The van der Waals surface area contributed by atoms with Crippen LogP contribution in [0.25, 0.3) is 5.69 Å². The predicted molar refractivity (Wildman–Crippen MR) is 114 cm³/mol. The molecule has 0 bridgehead atoms. The molecule has 1 aromatic heterocycles. The third-order valence-electron chi connectivity index (χ3n) is 5.63. The highest BCUT2D eigenvalue weighted by Crippen LogP contribution is 2.32. The van der Waals surface area contributed by atoms with Gasteiger partial charge in [0.2, 0.25) is 5.91 Å². The van der Waals surface area contributed by atoms with Crippen molar-refractivity contribution in [2.24, 2.45) is 0 Å². The van der Waals surface area contributed by atoms with Gasteiger partial charge in [-0.15, -0.1) is 0 Å². The summed E-state index contributed by atoms with van der Waals surface area (Å²) < 4.78 is 7.54. The molecular formula is C24H27N3O3. The van der Waals surface area contributed by atoms with Gasteiger partial charge in [0, 0.05) is 24.6 Å². The van der Waals surface area contributed by atoms with E-state index in [1.807, 2.05) is 70.2 Å². The normalized spacial score (nSPS) is 14.8. The van der Waals surface area contributed by atoms with Crippen molar-refractivity contribution in [3.8, 4) is 5.69 Å². The summed E-state index contributed by atoms with van der Waals surface area (Å²) in [4.78, 5) is 14.4.